The molecule has 0 radical (unpaired) electrons. The molecule has 2 aromatic carbocycles. The van der Waals surface area contributed by atoms with Crippen molar-refractivity contribution in [3.05, 3.63) is 53.7 Å². The van der Waals surface area contributed by atoms with Gasteiger partial charge in [-0.3, -0.25) is 0 Å². The first-order valence-electron chi connectivity index (χ1n) is 13.8. The van der Waals surface area contributed by atoms with Crippen LogP contribution in [0.15, 0.2) is 42.5 Å². The van der Waals surface area contributed by atoms with Crippen molar-refractivity contribution in [3.8, 4) is 12.1 Å². The molecule has 2 N–H and O–H groups in total. The first kappa shape index (κ1) is 26.1. The van der Waals surface area contributed by atoms with Crippen LogP contribution in [0.5, 0.6) is 6.01 Å². The van der Waals surface area contributed by atoms with Crippen LogP contribution in [0.4, 0.5) is 16.3 Å². The summed E-state index contributed by atoms with van der Waals surface area (Å²) in [4.78, 5) is 27.4. The number of fused-ring (bicyclic) bond motifs is 2. The third-order valence-corrected chi connectivity index (χ3v) is 7.90. The quantitative estimate of drug-likeness (QED) is 0.479. The zero-order valence-electron chi connectivity index (χ0n) is 22.3. The SMILES string of the molecule is N#CCC1CN(c2nc(OCC3COCCN3)nc3c2CCN(c2cccc4ccccc24)C3)CCN1C(=O)O. The Bertz CT molecular complexity index is 1420. The van der Waals surface area contributed by atoms with Gasteiger partial charge in [-0.2, -0.15) is 15.2 Å². The molecule has 0 bridgehead atoms. The molecule has 40 heavy (non-hydrogen) atoms. The summed E-state index contributed by atoms with van der Waals surface area (Å²) in [7, 11) is 0. The molecule has 1 amide bonds. The Morgan fingerprint density at radius 2 is 2.02 bits per heavy atom. The Morgan fingerprint density at radius 1 is 1.15 bits per heavy atom. The van der Waals surface area contributed by atoms with Crippen LogP contribution in [-0.4, -0.2) is 90.7 Å². The number of nitrogens with zero attached hydrogens (tertiary/aromatic N) is 6. The number of carbonyl (C=O) groups is 1. The van der Waals surface area contributed by atoms with Gasteiger partial charge >= 0.3 is 12.1 Å². The highest BCUT2D eigenvalue weighted by atomic mass is 16.5. The van der Waals surface area contributed by atoms with Crippen LogP contribution in [0.25, 0.3) is 10.8 Å². The summed E-state index contributed by atoms with van der Waals surface area (Å²) >= 11 is 0. The number of anilines is 2. The van der Waals surface area contributed by atoms with Crippen molar-refractivity contribution in [2.45, 2.75) is 31.5 Å². The molecule has 3 aliphatic rings. The fourth-order valence-corrected chi connectivity index (χ4v) is 5.89. The number of hydrogen-bond donors (Lipinski definition) is 2. The van der Waals surface area contributed by atoms with Gasteiger partial charge in [0, 0.05) is 49.4 Å². The summed E-state index contributed by atoms with van der Waals surface area (Å²) < 4.78 is 11.7. The highest BCUT2D eigenvalue weighted by Gasteiger charge is 2.34. The Hall–Kier alpha value is -4.14. The predicted molar refractivity (Wildman–Crippen MR) is 150 cm³/mol. The van der Waals surface area contributed by atoms with E-state index >= 15 is 0 Å². The molecular weight excluding hydrogens is 510 g/mol. The third kappa shape index (κ3) is 5.33. The number of aromatic nitrogens is 2. The van der Waals surface area contributed by atoms with Gasteiger partial charge in [0.05, 0.1) is 50.0 Å². The van der Waals surface area contributed by atoms with E-state index in [1.165, 1.54) is 21.4 Å². The number of morpholine rings is 1. The Labute approximate surface area is 232 Å². The van der Waals surface area contributed by atoms with Gasteiger partial charge in [0.1, 0.15) is 12.4 Å². The summed E-state index contributed by atoms with van der Waals surface area (Å²) in [6.45, 7) is 5.02. The summed E-state index contributed by atoms with van der Waals surface area (Å²) in [6, 6.07) is 16.8. The maximum atomic E-state index is 11.8. The van der Waals surface area contributed by atoms with Gasteiger partial charge < -0.3 is 34.6 Å². The molecule has 0 saturated carbocycles. The molecular formula is C29H33N7O4. The number of piperazine rings is 1. The monoisotopic (exact) mass is 543 g/mol. The van der Waals surface area contributed by atoms with E-state index in [4.69, 9.17) is 19.4 Å². The molecule has 2 saturated heterocycles. The molecule has 2 unspecified atom stereocenters. The molecule has 11 nitrogen and oxygen atoms in total. The Morgan fingerprint density at radius 3 is 2.85 bits per heavy atom. The second kappa shape index (κ2) is 11.5. The molecule has 208 valence electrons. The predicted octanol–water partition coefficient (Wildman–Crippen LogP) is 2.64. The van der Waals surface area contributed by atoms with Gasteiger partial charge in [-0.1, -0.05) is 36.4 Å². The number of nitrogens with one attached hydrogen (secondary N) is 1. The molecule has 0 spiro atoms. The molecule has 6 rings (SSSR count). The van der Waals surface area contributed by atoms with Crippen molar-refractivity contribution in [3.63, 3.8) is 0 Å². The average Bonchev–Trinajstić information content (AvgIpc) is 2.99. The van der Waals surface area contributed by atoms with Gasteiger partial charge in [0.2, 0.25) is 0 Å². The summed E-state index contributed by atoms with van der Waals surface area (Å²) in [5.74, 6) is 0.776. The van der Waals surface area contributed by atoms with Crippen LogP contribution < -0.4 is 19.9 Å². The van der Waals surface area contributed by atoms with Gasteiger partial charge in [-0.05, 0) is 17.9 Å². The maximum Gasteiger partial charge on any atom is 0.407 e. The molecule has 2 fully saturated rings. The molecule has 2 atom stereocenters. The highest BCUT2D eigenvalue weighted by Crippen LogP contribution is 2.34. The number of hydrogen-bond acceptors (Lipinski definition) is 9. The van der Waals surface area contributed by atoms with Crippen LogP contribution in [0, 0.1) is 11.3 Å². The van der Waals surface area contributed by atoms with Crippen molar-refractivity contribution >= 4 is 28.4 Å². The van der Waals surface area contributed by atoms with E-state index in [0.717, 1.165) is 36.6 Å². The van der Waals surface area contributed by atoms with E-state index in [2.05, 4.69) is 63.7 Å². The van der Waals surface area contributed by atoms with Crippen molar-refractivity contribution in [1.29, 1.82) is 5.26 Å². The van der Waals surface area contributed by atoms with E-state index in [0.29, 0.717) is 52.0 Å². The molecule has 4 heterocycles. The van der Waals surface area contributed by atoms with E-state index in [1.807, 2.05) is 0 Å². The van der Waals surface area contributed by atoms with Crippen LogP contribution in [-0.2, 0) is 17.7 Å². The minimum absolute atomic E-state index is 0.0585. The lowest BCUT2D eigenvalue weighted by Crippen LogP contribution is -2.55. The lowest BCUT2D eigenvalue weighted by molar-refractivity contribution is 0.0576. The topological polar surface area (TPSA) is 127 Å². The fraction of sp³-hybridized carbons (Fsp3) is 0.448. The molecule has 3 aliphatic heterocycles. The van der Waals surface area contributed by atoms with Crippen LogP contribution >= 0.6 is 0 Å². The first-order chi connectivity index (χ1) is 19.6. The lowest BCUT2D eigenvalue weighted by atomic mass is 10.0. The number of benzene rings is 2. The van der Waals surface area contributed by atoms with E-state index in [9.17, 15) is 15.2 Å². The number of rotatable bonds is 6. The Kier molecular flexibility index (Phi) is 7.53. The molecule has 1 aromatic heterocycles. The van der Waals surface area contributed by atoms with Crippen LogP contribution in [0.3, 0.4) is 0 Å². The van der Waals surface area contributed by atoms with Crippen molar-refractivity contribution in [1.82, 2.24) is 20.2 Å². The van der Waals surface area contributed by atoms with Gasteiger partial charge in [0.15, 0.2) is 0 Å². The maximum absolute atomic E-state index is 11.8. The van der Waals surface area contributed by atoms with Crippen LogP contribution in [0.1, 0.15) is 17.7 Å². The van der Waals surface area contributed by atoms with E-state index in [1.54, 1.807) is 0 Å². The van der Waals surface area contributed by atoms with Gasteiger partial charge in [-0.15, -0.1) is 0 Å². The summed E-state index contributed by atoms with van der Waals surface area (Å²) in [6.07, 6.45) is -0.128. The molecule has 0 aliphatic carbocycles. The fourth-order valence-electron chi connectivity index (χ4n) is 5.89. The Balaban J connectivity index is 1.32. The number of carboxylic acid groups (broad SMARTS) is 1. The van der Waals surface area contributed by atoms with Crippen molar-refractivity contribution in [2.75, 3.05) is 62.3 Å². The van der Waals surface area contributed by atoms with Gasteiger partial charge in [-0.25, -0.2) is 4.79 Å². The lowest BCUT2D eigenvalue weighted by Gasteiger charge is -2.41. The minimum Gasteiger partial charge on any atom is -0.465 e. The normalized spacial score (nSPS) is 21.1. The number of amides is 1. The van der Waals surface area contributed by atoms with E-state index < -0.39 is 12.1 Å². The molecule has 11 heteroatoms. The summed E-state index contributed by atoms with van der Waals surface area (Å²) in [5, 5.41) is 24.8. The zero-order chi connectivity index (χ0) is 27.5. The minimum atomic E-state index is -0.999. The first-order valence-corrected chi connectivity index (χ1v) is 13.8. The van der Waals surface area contributed by atoms with Crippen molar-refractivity contribution in [2.24, 2.45) is 0 Å². The average molecular weight is 544 g/mol. The molecule has 3 aromatic rings. The van der Waals surface area contributed by atoms with E-state index in [-0.39, 0.29) is 12.5 Å². The van der Waals surface area contributed by atoms with Crippen molar-refractivity contribution < 1.29 is 19.4 Å². The van der Waals surface area contributed by atoms with Gasteiger partial charge in [0.25, 0.3) is 0 Å². The standard InChI is InChI=1S/C29H33N7O4/c30-10-8-22-16-35(13-14-36(22)29(37)38)27-24-9-12-34(26-7-3-5-20-4-1-2-6-23(20)26)17-25(24)32-28(33-27)40-19-21-18-39-15-11-31-21/h1-7,21-22,31H,8-9,11-19H2,(H,37,38). The third-order valence-electron chi connectivity index (χ3n) is 7.90. The second-order valence-corrected chi connectivity index (χ2v) is 10.4. The summed E-state index contributed by atoms with van der Waals surface area (Å²) in [5.41, 5.74) is 3.13. The van der Waals surface area contributed by atoms with Crippen LogP contribution in [0.2, 0.25) is 0 Å². The zero-order valence-corrected chi connectivity index (χ0v) is 22.3. The number of ether oxygens (including phenoxy) is 2. The highest BCUT2D eigenvalue weighted by molar-refractivity contribution is 5.94. The largest absolute Gasteiger partial charge is 0.465 e. The second-order valence-electron chi connectivity index (χ2n) is 10.4. The number of nitriles is 1. The smallest absolute Gasteiger partial charge is 0.407 e.